The van der Waals surface area contributed by atoms with E-state index in [2.05, 4.69) is 22.8 Å². The molecule has 0 saturated heterocycles. The van der Waals surface area contributed by atoms with Crippen LogP contribution < -0.4 is 10.6 Å². The molecule has 0 unspecified atom stereocenters. The third-order valence-electron chi connectivity index (χ3n) is 4.93. The molecular weight excluding hydrogens is 384 g/mol. The smallest absolute Gasteiger partial charge is 0.407 e. The molecule has 6 heteroatoms. The van der Waals surface area contributed by atoms with Crippen molar-refractivity contribution in [1.82, 2.24) is 5.32 Å². The molecule has 3 rings (SSSR count). The first kappa shape index (κ1) is 21.2. The van der Waals surface area contributed by atoms with Crippen molar-refractivity contribution in [3.05, 3.63) is 59.7 Å². The molecule has 1 fully saturated rings. The lowest BCUT2D eigenvalue weighted by Gasteiger charge is -2.21. The number of carbonyl (C=O) groups is 2. The molecule has 0 heterocycles. The van der Waals surface area contributed by atoms with Crippen LogP contribution in [0.2, 0.25) is 0 Å². The Hall–Kier alpha value is -2.47. The highest BCUT2D eigenvalue weighted by molar-refractivity contribution is 8.00. The van der Waals surface area contributed by atoms with Crippen LogP contribution in [0, 0.1) is 6.92 Å². The number of carbonyl (C=O) groups excluding carboxylic acids is 2. The van der Waals surface area contributed by atoms with Crippen molar-refractivity contribution in [1.29, 1.82) is 0 Å². The standard InChI is InChI=1S/C23H28N2O3S/c1-17-14-20(29-19-10-6-3-7-11-19)12-13-21(17)25-22(26)15-24-23(27)28-16-18-8-4-2-5-9-18/h2,4-5,8-9,12-14,19H,3,6-7,10-11,15-16H2,1H3,(H,24,27)(H,25,26). The number of rotatable bonds is 7. The number of aryl methyl sites for hydroxylation is 1. The summed E-state index contributed by atoms with van der Waals surface area (Å²) < 4.78 is 5.11. The van der Waals surface area contributed by atoms with Crippen LogP contribution in [-0.4, -0.2) is 23.8 Å². The molecule has 2 aromatic rings. The molecule has 0 radical (unpaired) electrons. The van der Waals surface area contributed by atoms with Gasteiger partial charge in [0, 0.05) is 15.8 Å². The Morgan fingerprint density at radius 2 is 1.83 bits per heavy atom. The highest BCUT2D eigenvalue weighted by Gasteiger charge is 2.15. The molecule has 0 atom stereocenters. The lowest BCUT2D eigenvalue weighted by Crippen LogP contribution is -2.33. The first-order valence-electron chi connectivity index (χ1n) is 10.1. The summed E-state index contributed by atoms with van der Waals surface area (Å²) in [5.74, 6) is -0.280. The summed E-state index contributed by atoms with van der Waals surface area (Å²) in [6.45, 7) is 2.03. The average Bonchev–Trinajstić information content (AvgIpc) is 2.74. The molecule has 0 aromatic heterocycles. The van der Waals surface area contributed by atoms with E-state index in [4.69, 9.17) is 4.74 Å². The maximum absolute atomic E-state index is 12.2. The molecule has 1 saturated carbocycles. The topological polar surface area (TPSA) is 67.4 Å². The highest BCUT2D eigenvalue weighted by atomic mass is 32.2. The minimum Gasteiger partial charge on any atom is -0.445 e. The van der Waals surface area contributed by atoms with Gasteiger partial charge in [0.05, 0.1) is 0 Å². The predicted octanol–water partition coefficient (Wildman–Crippen LogP) is 5.28. The largest absolute Gasteiger partial charge is 0.445 e. The van der Waals surface area contributed by atoms with Gasteiger partial charge in [-0.3, -0.25) is 4.79 Å². The second-order valence-corrected chi connectivity index (χ2v) is 8.69. The number of amides is 2. The number of hydrogen-bond acceptors (Lipinski definition) is 4. The third kappa shape index (κ3) is 7.13. The van der Waals surface area contributed by atoms with Crippen molar-refractivity contribution in [2.45, 2.75) is 55.8 Å². The molecular formula is C23H28N2O3S. The zero-order valence-corrected chi connectivity index (χ0v) is 17.6. The summed E-state index contributed by atoms with van der Waals surface area (Å²) in [6, 6.07) is 15.5. The quantitative estimate of drug-likeness (QED) is 0.649. The summed E-state index contributed by atoms with van der Waals surface area (Å²) in [5.41, 5.74) is 2.68. The average molecular weight is 413 g/mol. The first-order chi connectivity index (χ1) is 14.1. The van der Waals surface area contributed by atoms with Crippen LogP contribution in [0.5, 0.6) is 0 Å². The molecule has 5 nitrogen and oxygen atoms in total. The molecule has 0 spiro atoms. The normalized spacial score (nSPS) is 14.2. The van der Waals surface area contributed by atoms with E-state index in [0.29, 0.717) is 5.25 Å². The zero-order chi connectivity index (χ0) is 20.5. The molecule has 2 N–H and O–H groups in total. The van der Waals surface area contributed by atoms with Gasteiger partial charge in [0.1, 0.15) is 13.2 Å². The molecule has 2 amide bonds. The van der Waals surface area contributed by atoms with E-state index < -0.39 is 6.09 Å². The fraction of sp³-hybridized carbons (Fsp3) is 0.391. The van der Waals surface area contributed by atoms with Gasteiger partial charge < -0.3 is 15.4 Å². The molecule has 2 aromatic carbocycles. The molecule has 29 heavy (non-hydrogen) atoms. The van der Waals surface area contributed by atoms with Crippen LogP contribution in [-0.2, 0) is 16.1 Å². The fourth-order valence-electron chi connectivity index (χ4n) is 3.35. The van der Waals surface area contributed by atoms with E-state index in [-0.39, 0.29) is 19.1 Å². The van der Waals surface area contributed by atoms with E-state index in [1.54, 1.807) is 0 Å². The van der Waals surface area contributed by atoms with Crippen molar-refractivity contribution < 1.29 is 14.3 Å². The van der Waals surface area contributed by atoms with Gasteiger partial charge in [0.15, 0.2) is 0 Å². The van der Waals surface area contributed by atoms with Gasteiger partial charge in [-0.2, -0.15) is 0 Å². The Labute approximate surface area is 176 Å². The fourth-order valence-corrected chi connectivity index (χ4v) is 4.69. The SMILES string of the molecule is Cc1cc(SC2CCCCC2)ccc1NC(=O)CNC(=O)OCc1ccccc1. The molecule has 0 aliphatic heterocycles. The van der Waals surface area contributed by atoms with Crippen molar-refractivity contribution in [3.63, 3.8) is 0 Å². The lowest BCUT2D eigenvalue weighted by atomic mass is 10.0. The Bertz CT molecular complexity index is 820. The van der Waals surface area contributed by atoms with E-state index in [1.807, 2.05) is 55.1 Å². The van der Waals surface area contributed by atoms with Crippen LogP contribution in [0.25, 0.3) is 0 Å². The van der Waals surface area contributed by atoms with E-state index >= 15 is 0 Å². The number of anilines is 1. The lowest BCUT2D eigenvalue weighted by molar-refractivity contribution is -0.115. The second kappa shape index (κ2) is 10.9. The van der Waals surface area contributed by atoms with Crippen LogP contribution >= 0.6 is 11.8 Å². The summed E-state index contributed by atoms with van der Waals surface area (Å²) in [6.07, 6.45) is 5.97. The van der Waals surface area contributed by atoms with Crippen LogP contribution in [0.1, 0.15) is 43.2 Å². The van der Waals surface area contributed by atoms with Gasteiger partial charge in [-0.15, -0.1) is 11.8 Å². The Morgan fingerprint density at radius 3 is 2.55 bits per heavy atom. The molecule has 154 valence electrons. The second-order valence-electron chi connectivity index (χ2n) is 7.32. The number of nitrogens with one attached hydrogen (secondary N) is 2. The van der Waals surface area contributed by atoms with Gasteiger partial charge in [-0.05, 0) is 49.1 Å². The number of ether oxygens (including phenoxy) is 1. The van der Waals surface area contributed by atoms with Gasteiger partial charge in [0.2, 0.25) is 5.91 Å². The minimum absolute atomic E-state index is 0.133. The minimum atomic E-state index is -0.611. The summed E-state index contributed by atoms with van der Waals surface area (Å²) in [7, 11) is 0. The van der Waals surface area contributed by atoms with Crippen LogP contribution in [0.3, 0.4) is 0 Å². The van der Waals surface area contributed by atoms with Gasteiger partial charge in [-0.25, -0.2) is 4.79 Å². The number of alkyl carbamates (subject to hydrolysis) is 1. The van der Waals surface area contributed by atoms with Crippen molar-refractivity contribution in [2.75, 3.05) is 11.9 Å². The van der Waals surface area contributed by atoms with Crippen molar-refractivity contribution >= 4 is 29.4 Å². The zero-order valence-electron chi connectivity index (χ0n) is 16.8. The van der Waals surface area contributed by atoms with Crippen LogP contribution in [0.15, 0.2) is 53.4 Å². The van der Waals surface area contributed by atoms with Crippen molar-refractivity contribution in [3.8, 4) is 0 Å². The van der Waals surface area contributed by atoms with E-state index in [0.717, 1.165) is 16.8 Å². The number of thioether (sulfide) groups is 1. The molecule has 1 aliphatic rings. The summed E-state index contributed by atoms with van der Waals surface area (Å²) in [4.78, 5) is 25.2. The maximum Gasteiger partial charge on any atom is 0.407 e. The summed E-state index contributed by atoms with van der Waals surface area (Å²) >= 11 is 1.94. The molecule has 1 aliphatic carbocycles. The first-order valence-corrected chi connectivity index (χ1v) is 11.0. The molecule has 0 bridgehead atoms. The maximum atomic E-state index is 12.2. The van der Waals surface area contributed by atoms with Gasteiger partial charge in [-0.1, -0.05) is 49.6 Å². The van der Waals surface area contributed by atoms with Gasteiger partial charge in [0.25, 0.3) is 0 Å². The monoisotopic (exact) mass is 412 g/mol. The predicted molar refractivity (Wildman–Crippen MR) is 117 cm³/mol. The third-order valence-corrected chi connectivity index (χ3v) is 6.26. The van der Waals surface area contributed by atoms with Crippen molar-refractivity contribution in [2.24, 2.45) is 0 Å². The van der Waals surface area contributed by atoms with Gasteiger partial charge >= 0.3 is 6.09 Å². The van der Waals surface area contributed by atoms with E-state index in [9.17, 15) is 9.59 Å². The van der Waals surface area contributed by atoms with Crippen LogP contribution in [0.4, 0.5) is 10.5 Å². The summed E-state index contributed by atoms with van der Waals surface area (Å²) in [5, 5.41) is 6.04. The number of benzene rings is 2. The Morgan fingerprint density at radius 1 is 1.07 bits per heavy atom. The highest BCUT2D eigenvalue weighted by Crippen LogP contribution is 2.34. The Balaban J connectivity index is 1.41. The Kier molecular flexibility index (Phi) is 7.99. The van der Waals surface area contributed by atoms with E-state index in [1.165, 1.54) is 37.0 Å². The number of hydrogen-bond donors (Lipinski definition) is 2.